The molecule has 7 heteroatoms. The fourth-order valence-corrected chi connectivity index (χ4v) is 3.65. The number of terminal acetylenes is 1. The van der Waals surface area contributed by atoms with Crippen LogP contribution in [0.5, 0.6) is 5.75 Å². The Morgan fingerprint density at radius 3 is 2.82 bits per heavy atom. The molecule has 33 heavy (non-hydrogen) atoms. The first kappa shape index (κ1) is 20.6. The summed E-state index contributed by atoms with van der Waals surface area (Å²) in [6, 6.07) is 21.4. The van der Waals surface area contributed by atoms with Crippen molar-refractivity contribution in [1.29, 1.82) is 0 Å². The standard InChI is InChI=1S/C26H16ClN3O3/c1-2-13-32-22-10-6-3-7-17(22)16-28-30-25(29-21-9-5-4-8-20(21)26(30)31)24-15-18-14-19(27)11-12-23(18)33-24/h1,3-12,14-16H,13H2. The smallest absolute Gasteiger partial charge is 0.282 e. The molecule has 0 radical (unpaired) electrons. The molecule has 0 saturated heterocycles. The van der Waals surface area contributed by atoms with E-state index in [2.05, 4.69) is 16.0 Å². The van der Waals surface area contributed by atoms with Gasteiger partial charge in [0.25, 0.3) is 5.56 Å². The summed E-state index contributed by atoms with van der Waals surface area (Å²) in [5, 5.41) is 6.28. The number of aromatic nitrogens is 2. The zero-order valence-electron chi connectivity index (χ0n) is 17.2. The molecule has 0 aliphatic carbocycles. The van der Waals surface area contributed by atoms with Gasteiger partial charge in [0.2, 0.25) is 5.82 Å². The summed E-state index contributed by atoms with van der Waals surface area (Å²) in [4.78, 5) is 18.0. The quantitative estimate of drug-likeness (QED) is 0.265. The average molecular weight is 454 g/mol. The zero-order valence-corrected chi connectivity index (χ0v) is 18.0. The van der Waals surface area contributed by atoms with Crippen molar-refractivity contribution in [2.24, 2.45) is 5.10 Å². The Balaban J connectivity index is 1.69. The highest BCUT2D eigenvalue weighted by atomic mass is 35.5. The second-order valence-electron chi connectivity index (χ2n) is 7.14. The number of rotatable bonds is 5. The molecule has 0 aliphatic rings. The third-order valence-corrected chi connectivity index (χ3v) is 5.23. The molecule has 2 heterocycles. The van der Waals surface area contributed by atoms with Gasteiger partial charge in [0.05, 0.1) is 17.1 Å². The highest BCUT2D eigenvalue weighted by Gasteiger charge is 2.16. The van der Waals surface area contributed by atoms with Crippen LogP contribution in [0.1, 0.15) is 5.56 Å². The van der Waals surface area contributed by atoms with Crippen molar-refractivity contribution in [2.45, 2.75) is 0 Å². The second kappa shape index (κ2) is 8.65. The summed E-state index contributed by atoms with van der Waals surface area (Å²) >= 11 is 6.12. The summed E-state index contributed by atoms with van der Waals surface area (Å²) in [6.45, 7) is 0.120. The molecular formula is C26H16ClN3O3. The van der Waals surface area contributed by atoms with Gasteiger partial charge in [-0.3, -0.25) is 4.79 Å². The van der Waals surface area contributed by atoms with Crippen LogP contribution in [0.4, 0.5) is 0 Å². The Kier molecular flexibility index (Phi) is 5.39. The first-order valence-electron chi connectivity index (χ1n) is 10.0. The Hall–Kier alpha value is -4.34. The lowest BCUT2D eigenvalue weighted by Gasteiger charge is -2.08. The molecular weight excluding hydrogens is 438 g/mol. The molecule has 0 amide bonds. The predicted molar refractivity (Wildman–Crippen MR) is 130 cm³/mol. The number of hydrogen-bond donors (Lipinski definition) is 0. The normalized spacial score (nSPS) is 11.3. The summed E-state index contributed by atoms with van der Waals surface area (Å²) in [6.07, 6.45) is 6.84. The van der Waals surface area contributed by atoms with Gasteiger partial charge in [-0.05, 0) is 48.5 Å². The molecule has 0 saturated carbocycles. The van der Waals surface area contributed by atoms with Crippen LogP contribution in [-0.4, -0.2) is 22.5 Å². The lowest BCUT2D eigenvalue weighted by molar-refractivity contribution is 0.370. The maximum absolute atomic E-state index is 13.4. The van der Waals surface area contributed by atoms with Crippen molar-refractivity contribution < 1.29 is 9.15 Å². The Bertz CT molecular complexity index is 1630. The van der Waals surface area contributed by atoms with E-state index in [9.17, 15) is 4.79 Å². The fourth-order valence-electron chi connectivity index (χ4n) is 3.47. The molecule has 0 atom stereocenters. The topological polar surface area (TPSA) is 69.6 Å². The predicted octanol–water partition coefficient (Wildman–Crippen LogP) is 5.36. The molecule has 5 rings (SSSR count). The molecule has 0 fully saturated rings. The van der Waals surface area contributed by atoms with E-state index in [0.29, 0.717) is 38.6 Å². The molecule has 0 N–H and O–H groups in total. The Morgan fingerprint density at radius 2 is 1.94 bits per heavy atom. The van der Waals surface area contributed by atoms with E-state index < -0.39 is 0 Å². The molecule has 0 aliphatic heterocycles. The highest BCUT2D eigenvalue weighted by molar-refractivity contribution is 6.31. The maximum atomic E-state index is 13.4. The molecule has 3 aromatic carbocycles. The number of ether oxygens (including phenoxy) is 1. The molecule has 0 spiro atoms. The summed E-state index contributed by atoms with van der Waals surface area (Å²) in [5.74, 6) is 3.66. The van der Waals surface area contributed by atoms with Gasteiger partial charge in [0.15, 0.2) is 5.76 Å². The van der Waals surface area contributed by atoms with Crippen LogP contribution in [0, 0.1) is 12.3 Å². The minimum atomic E-state index is -0.327. The number of benzene rings is 3. The monoisotopic (exact) mass is 453 g/mol. The first-order chi connectivity index (χ1) is 16.1. The largest absolute Gasteiger partial charge is 0.480 e. The van der Waals surface area contributed by atoms with Crippen LogP contribution in [0.25, 0.3) is 33.5 Å². The Labute approximate surface area is 193 Å². The zero-order chi connectivity index (χ0) is 22.8. The van der Waals surface area contributed by atoms with Crippen molar-refractivity contribution in [3.8, 4) is 29.7 Å². The van der Waals surface area contributed by atoms with Crippen molar-refractivity contribution in [1.82, 2.24) is 9.66 Å². The minimum absolute atomic E-state index is 0.120. The third kappa shape index (κ3) is 3.98. The van der Waals surface area contributed by atoms with Crippen molar-refractivity contribution >= 4 is 39.7 Å². The van der Waals surface area contributed by atoms with E-state index in [4.69, 9.17) is 27.2 Å². The number of halogens is 1. The SMILES string of the molecule is C#CCOc1ccccc1C=Nn1c(-c2cc3cc(Cl)ccc3o2)nc2ccccc2c1=O. The van der Waals surface area contributed by atoms with Crippen LogP contribution >= 0.6 is 11.6 Å². The van der Waals surface area contributed by atoms with Gasteiger partial charge in [-0.2, -0.15) is 9.78 Å². The molecule has 6 nitrogen and oxygen atoms in total. The van der Waals surface area contributed by atoms with E-state index in [1.807, 2.05) is 24.3 Å². The number of hydrogen-bond acceptors (Lipinski definition) is 5. The van der Waals surface area contributed by atoms with E-state index in [1.54, 1.807) is 48.5 Å². The lowest BCUT2D eigenvalue weighted by atomic mass is 10.2. The molecule has 0 bridgehead atoms. The number of para-hydroxylation sites is 2. The van der Waals surface area contributed by atoms with Crippen molar-refractivity contribution in [3.63, 3.8) is 0 Å². The fraction of sp³-hybridized carbons (Fsp3) is 0.0385. The van der Waals surface area contributed by atoms with Gasteiger partial charge in [0.1, 0.15) is 17.9 Å². The highest BCUT2D eigenvalue weighted by Crippen LogP contribution is 2.29. The van der Waals surface area contributed by atoms with Crippen LogP contribution in [0.2, 0.25) is 5.02 Å². The second-order valence-corrected chi connectivity index (χ2v) is 7.57. The lowest BCUT2D eigenvalue weighted by Crippen LogP contribution is -2.20. The van der Waals surface area contributed by atoms with Gasteiger partial charge in [-0.1, -0.05) is 41.8 Å². The molecule has 5 aromatic rings. The first-order valence-corrected chi connectivity index (χ1v) is 10.4. The van der Waals surface area contributed by atoms with Crippen molar-refractivity contribution in [3.05, 3.63) is 93.7 Å². The Morgan fingerprint density at radius 1 is 1.12 bits per heavy atom. The van der Waals surface area contributed by atoms with E-state index in [1.165, 1.54) is 10.9 Å². The van der Waals surface area contributed by atoms with Crippen molar-refractivity contribution in [2.75, 3.05) is 6.61 Å². The summed E-state index contributed by atoms with van der Waals surface area (Å²) in [5.41, 5.74) is 1.50. The summed E-state index contributed by atoms with van der Waals surface area (Å²) < 4.78 is 12.8. The maximum Gasteiger partial charge on any atom is 0.282 e. The van der Waals surface area contributed by atoms with E-state index in [0.717, 1.165) is 5.39 Å². The van der Waals surface area contributed by atoms with Crippen LogP contribution < -0.4 is 10.3 Å². The van der Waals surface area contributed by atoms with Gasteiger partial charge >= 0.3 is 0 Å². The number of fused-ring (bicyclic) bond motifs is 2. The van der Waals surface area contributed by atoms with E-state index in [-0.39, 0.29) is 18.0 Å². The van der Waals surface area contributed by atoms with Gasteiger partial charge in [0, 0.05) is 16.0 Å². The third-order valence-electron chi connectivity index (χ3n) is 4.99. The van der Waals surface area contributed by atoms with E-state index >= 15 is 0 Å². The number of nitrogens with zero attached hydrogens (tertiary/aromatic N) is 3. The summed E-state index contributed by atoms with van der Waals surface area (Å²) in [7, 11) is 0. The van der Waals surface area contributed by atoms with Crippen LogP contribution in [0.3, 0.4) is 0 Å². The average Bonchev–Trinajstić information content (AvgIpc) is 3.25. The molecule has 2 aromatic heterocycles. The van der Waals surface area contributed by atoms with Crippen LogP contribution in [0.15, 0.2) is 87.1 Å². The minimum Gasteiger partial charge on any atom is -0.480 e. The van der Waals surface area contributed by atoms with Gasteiger partial charge in [-0.25, -0.2) is 4.98 Å². The van der Waals surface area contributed by atoms with Gasteiger partial charge < -0.3 is 9.15 Å². The van der Waals surface area contributed by atoms with Crippen LogP contribution in [-0.2, 0) is 0 Å². The molecule has 0 unspecified atom stereocenters. The molecule has 160 valence electrons. The number of furan rings is 1. The van der Waals surface area contributed by atoms with Gasteiger partial charge in [-0.15, -0.1) is 6.42 Å².